The molecule has 0 unspecified atom stereocenters. The zero-order valence-electron chi connectivity index (χ0n) is 12.4. The van der Waals surface area contributed by atoms with Crippen LogP contribution in [0.4, 0.5) is 0 Å². The summed E-state index contributed by atoms with van der Waals surface area (Å²) in [6.07, 6.45) is 3.77. The van der Waals surface area contributed by atoms with Gasteiger partial charge in [0.25, 0.3) is 0 Å². The highest BCUT2D eigenvalue weighted by Crippen LogP contribution is 2.34. The molecule has 116 valence electrons. The number of rotatable bonds is 3. The van der Waals surface area contributed by atoms with E-state index in [-0.39, 0.29) is 16.8 Å². The minimum atomic E-state index is -1.01. The highest BCUT2D eigenvalue weighted by Gasteiger charge is 2.31. The minimum absolute atomic E-state index is 0.0964. The standard InChI is InChI=1S/C17H14N2O3S/c1-9-14(18-15(23-9)17(21)22)12-4-5-13-11(8-12)6-7-19(13)16(20)10-2-3-10/h4-8,10H,2-3H2,1H3,(H,21,22). The van der Waals surface area contributed by atoms with E-state index in [0.717, 1.165) is 34.2 Å². The number of carboxylic acids is 1. The van der Waals surface area contributed by atoms with Gasteiger partial charge >= 0.3 is 5.97 Å². The predicted octanol–water partition coefficient (Wildman–Crippen LogP) is 3.82. The Kier molecular flexibility index (Phi) is 3.09. The second-order valence-electron chi connectivity index (χ2n) is 5.80. The Bertz CT molecular complexity index is 950. The van der Waals surface area contributed by atoms with E-state index in [0.29, 0.717) is 5.69 Å². The number of thiazole rings is 1. The maximum Gasteiger partial charge on any atom is 0.365 e. The molecule has 0 bridgehead atoms. The molecule has 1 aliphatic rings. The van der Waals surface area contributed by atoms with Gasteiger partial charge in [0.15, 0.2) is 0 Å². The lowest BCUT2D eigenvalue weighted by atomic mass is 10.1. The average molecular weight is 326 g/mol. The lowest BCUT2D eigenvalue weighted by molar-refractivity contribution is 0.0696. The molecule has 3 aromatic rings. The molecular weight excluding hydrogens is 312 g/mol. The van der Waals surface area contributed by atoms with Crippen LogP contribution in [-0.2, 0) is 0 Å². The second kappa shape index (κ2) is 5.03. The highest BCUT2D eigenvalue weighted by molar-refractivity contribution is 7.13. The number of aryl methyl sites for hydroxylation is 1. The number of hydrogen-bond acceptors (Lipinski definition) is 4. The van der Waals surface area contributed by atoms with Crippen LogP contribution in [0.3, 0.4) is 0 Å². The van der Waals surface area contributed by atoms with E-state index in [9.17, 15) is 9.59 Å². The third-order valence-corrected chi connectivity index (χ3v) is 5.07. The largest absolute Gasteiger partial charge is 0.476 e. The van der Waals surface area contributed by atoms with Gasteiger partial charge in [-0.15, -0.1) is 11.3 Å². The van der Waals surface area contributed by atoms with Gasteiger partial charge in [0.05, 0.1) is 11.2 Å². The normalized spacial score (nSPS) is 14.3. The molecule has 1 N–H and O–H groups in total. The third-order valence-electron chi connectivity index (χ3n) is 4.11. The van der Waals surface area contributed by atoms with Gasteiger partial charge in [-0.25, -0.2) is 9.78 Å². The van der Waals surface area contributed by atoms with Crippen molar-refractivity contribution in [1.82, 2.24) is 9.55 Å². The molecule has 6 heteroatoms. The maximum absolute atomic E-state index is 12.3. The molecule has 0 atom stereocenters. The smallest absolute Gasteiger partial charge is 0.365 e. The van der Waals surface area contributed by atoms with E-state index >= 15 is 0 Å². The molecule has 0 spiro atoms. The molecule has 4 rings (SSSR count). The summed E-state index contributed by atoms with van der Waals surface area (Å²) in [5, 5.41) is 10.1. The Morgan fingerprint density at radius 3 is 2.74 bits per heavy atom. The van der Waals surface area contributed by atoms with Crippen molar-refractivity contribution in [1.29, 1.82) is 0 Å². The van der Waals surface area contributed by atoms with Crippen LogP contribution in [0.25, 0.3) is 22.2 Å². The summed E-state index contributed by atoms with van der Waals surface area (Å²) in [5.74, 6) is -0.679. The average Bonchev–Trinajstić information content (AvgIpc) is 3.18. The molecule has 0 radical (unpaired) electrons. The molecule has 1 fully saturated rings. The molecule has 2 aromatic heterocycles. The third kappa shape index (κ3) is 2.35. The maximum atomic E-state index is 12.3. The van der Waals surface area contributed by atoms with Crippen molar-refractivity contribution in [2.75, 3.05) is 0 Å². The number of benzene rings is 1. The number of carboxylic acid groups (broad SMARTS) is 1. The quantitative estimate of drug-likeness (QED) is 0.794. The number of hydrogen-bond donors (Lipinski definition) is 1. The molecule has 23 heavy (non-hydrogen) atoms. The number of fused-ring (bicyclic) bond motifs is 1. The Morgan fingerprint density at radius 2 is 2.09 bits per heavy atom. The van der Waals surface area contributed by atoms with Gasteiger partial charge in [0.2, 0.25) is 10.9 Å². The first-order chi connectivity index (χ1) is 11.0. The van der Waals surface area contributed by atoms with E-state index in [1.54, 1.807) is 4.57 Å². The van der Waals surface area contributed by atoms with Crippen LogP contribution < -0.4 is 0 Å². The number of aromatic carboxylic acids is 1. The monoisotopic (exact) mass is 326 g/mol. The number of carbonyl (C=O) groups excluding carboxylic acids is 1. The van der Waals surface area contributed by atoms with Gasteiger partial charge in [-0.1, -0.05) is 6.07 Å². The van der Waals surface area contributed by atoms with Gasteiger partial charge in [0, 0.05) is 27.9 Å². The van der Waals surface area contributed by atoms with Crippen LogP contribution in [0, 0.1) is 12.8 Å². The first-order valence-electron chi connectivity index (χ1n) is 7.41. The molecule has 0 aliphatic heterocycles. The van der Waals surface area contributed by atoms with Gasteiger partial charge in [-0.05, 0) is 38.0 Å². The zero-order chi connectivity index (χ0) is 16.1. The highest BCUT2D eigenvalue weighted by atomic mass is 32.1. The Balaban J connectivity index is 1.78. The van der Waals surface area contributed by atoms with Crippen molar-refractivity contribution in [3.8, 4) is 11.3 Å². The van der Waals surface area contributed by atoms with E-state index < -0.39 is 5.97 Å². The van der Waals surface area contributed by atoms with Crippen molar-refractivity contribution in [3.05, 3.63) is 40.3 Å². The Labute approximate surface area is 136 Å². The first-order valence-corrected chi connectivity index (χ1v) is 8.22. The van der Waals surface area contributed by atoms with Crippen LogP contribution in [0.5, 0.6) is 0 Å². The summed E-state index contributed by atoms with van der Waals surface area (Å²) in [5.41, 5.74) is 2.45. The first kappa shape index (κ1) is 14.1. The second-order valence-corrected chi connectivity index (χ2v) is 7.00. The summed E-state index contributed by atoms with van der Waals surface area (Å²) < 4.78 is 1.72. The van der Waals surface area contributed by atoms with Crippen molar-refractivity contribution in [3.63, 3.8) is 0 Å². The van der Waals surface area contributed by atoms with E-state index in [1.807, 2.05) is 37.4 Å². The summed E-state index contributed by atoms with van der Waals surface area (Å²) in [6.45, 7) is 1.87. The molecular formula is C17H14N2O3S. The predicted molar refractivity (Wildman–Crippen MR) is 88.1 cm³/mol. The van der Waals surface area contributed by atoms with Crippen LogP contribution in [0.15, 0.2) is 30.5 Å². The molecule has 5 nitrogen and oxygen atoms in total. The minimum Gasteiger partial charge on any atom is -0.476 e. The van der Waals surface area contributed by atoms with Gasteiger partial charge in [-0.2, -0.15) is 0 Å². The van der Waals surface area contributed by atoms with Crippen molar-refractivity contribution in [2.24, 2.45) is 5.92 Å². The van der Waals surface area contributed by atoms with Gasteiger partial charge in [0.1, 0.15) is 0 Å². The summed E-state index contributed by atoms with van der Waals surface area (Å²) >= 11 is 1.17. The van der Waals surface area contributed by atoms with Crippen molar-refractivity contribution in [2.45, 2.75) is 19.8 Å². The lowest BCUT2D eigenvalue weighted by Crippen LogP contribution is -2.10. The van der Waals surface area contributed by atoms with Crippen LogP contribution in [-0.4, -0.2) is 26.5 Å². The van der Waals surface area contributed by atoms with E-state index in [1.165, 1.54) is 11.3 Å². The fourth-order valence-corrected chi connectivity index (χ4v) is 3.54. The van der Waals surface area contributed by atoms with Crippen molar-refractivity contribution >= 4 is 34.1 Å². The fraction of sp³-hybridized carbons (Fsp3) is 0.235. The molecule has 1 saturated carbocycles. The molecule has 0 amide bonds. The van der Waals surface area contributed by atoms with E-state index in [4.69, 9.17) is 5.11 Å². The van der Waals surface area contributed by atoms with Crippen LogP contribution >= 0.6 is 11.3 Å². The van der Waals surface area contributed by atoms with Crippen LogP contribution in [0.2, 0.25) is 0 Å². The number of nitrogens with zero attached hydrogens (tertiary/aromatic N) is 2. The van der Waals surface area contributed by atoms with Gasteiger partial charge < -0.3 is 5.11 Å². The molecule has 1 aliphatic carbocycles. The Morgan fingerprint density at radius 1 is 1.30 bits per heavy atom. The fourth-order valence-electron chi connectivity index (χ4n) is 2.76. The molecule has 0 saturated heterocycles. The lowest BCUT2D eigenvalue weighted by Gasteiger charge is -2.04. The SMILES string of the molecule is Cc1sc(C(=O)O)nc1-c1ccc2c(ccn2C(=O)C2CC2)c1. The topological polar surface area (TPSA) is 72.2 Å². The summed E-state index contributed by atoms with van der Waals surface area (Å²) in [6, 6.07) is 7.68. The zero-order valence-corrected chi connectivity index (χ0v) is 13.3. The summed E-state index contributed by atoms with van der Waals surface area (Å²) in [7, 11) is 0. The van der Waals surface area contributed by atoms with Crippen LogP contribution in [0.1, 0.15) is 32.3 Å². The molecule has 2 heterocycles. The number of carbonyl (C=O) groups is 2. The number of aromatic nitrogens is 2. The van der Waals surface area contributed by atoms with Gasteiger partial charge in [-0.3, -0.25) is 9.36 Å². The van der Waals surface area contributed by atoms with Crippen molar-refractivity contribution < 1.29 is 14.7 Å². The summed E-state index contributed by atoms with van der Waals surface area (Å²) in [4.78, 5) is 28.4. The van der Waals surface area contributed by atoms with E-state index in [2.05, 4.69) is 4.98 Å². The Hall–Kier alpha value is -2.47. The molecule has 1 aromatic carbocycles.